The third-order valence-corrected chi connectivity index (χ3v) is 5.54. The fraction of sp³-hybridized carbons (Fsp3) is 0.176. The number of carbonyl (C=O) groups excluding carboxylic acids is 1. The van der Waals surface area contributed by atoms with E-state index in [4.69, 9.17) is 16.1 Å². The van der Waals surface area contributed by atoms with Crippen LogP contribution in [0.15, 0.2) is 46.4 Å². The van der Waals surface area contributed by atoms with E-state index in [0.717, 1.165) is 5.56 Å². The maximum absolute atomic E-state index is 12.9. The molecule has 0 radical (unpaired) electrons. The molecule has 1 aliphatic rings. The molecule has 0 atom stereocenters. The second-order valence-corrected chi connectivity index (χ2v) is 8.07. The zero-order valence-electron chi connectivity index (χ0n) is 15.5. The van der Waals surface area contributed by atoms with Crippen molar-refractivity contribution in [1.82, 2.24) is 0 Å². The number of amidine groups is 1. The van der Waals surface area contributed by atoms with Crippen molar-refractivity contribution >= 4 is 45.8 Å². The summed E-state index contributed by atoms with van der Waals surface area (Å²) in [4.78, 5) is 16.4. The minimum absolute atomic E-state index is 0.0446. The zero-order valence-corrected chi connectivity index (χ0v) is 16.3. The number of nitrogens with zero attached hydrogens (tertiary/aromatic N) is 1. The standard InChI is InChI=1S/C17H19BN4O6S/c1-10(19)21-28-17(23)7-12-6-13(20)3-5-16(12)29(25,26)22-14-4-2-11-9-27-18(24)15(11)8-14/h2-6,8,22,24H,7,9,20H2,1H3,(H2,19,21). The fourth-order valence-corrected chi connectivity index (χ4v) is 4.07. The molecule has 2 aromatic rings. The van der Waals surface area contributed by atoms with E-state index in [1.807, 2.05) is 0 Å². The minimum atomic E-state index is -4.07. The van der Waals surface area contributed by atoms with Crippen LogP contribution < -0.4 is 21.7 Å². The summed E-state index contributed by atoms with van der Waals surface area (Å²) < 4.78 is 33.4. The predicted octanol–water partition coefficient (Wildman–Crippen LogP) is -0.335. The van der Waals surface area contributed by atoms with Crippen LogP contribution in [0.1, 0.15) is 18.1 Å². The molecule has 0 aliphatic carbocycles. The van der Waals surface area contributed by atoms with Crippen LogP contribution in [0.3, 0.4) is 0 Å². The van der Waals surface area contributed by atoms with Gasteiger partial charge in [0.1, 0.15) is 5.84 Å². The number of anilines is 2. The molecule has 1 heterocycles. The lowest BCUT2D eigenvalue weighted by atomic mass is 9.79. The molecule has 10 nitrogen and oxygen atoms in total. The van der Waals surface area contributed by atoms with Crippen molar-refractivity contribution in [1.29, 1.82) is 0 Å². The number of nitrogen functional groups attached to an aromatic ring is 1. The van der Waals surface area contributed by atoms with Crippen LogP contribution >= 0.6 is 0 Å². The molecule has 0 amide bonds. The monoisotopic (exact) mass is 418 g/mol. The number of hydrogen-bond acceptors (Lipinski definition) is 8. The number of fused-ring (bicyclic) bond motifs is 1. The van der Waals surface area contributed by atoms with E-state index in [2.05, 4.69) is 14.7 Å². The Kier molecular flexibility index (Phi) is 5.77. The number of benzene rings is 2. The number of nitrogens with two attached hydrogens (primary N) is 2. The van der Waals surface area contributed by atoms with Crippen molar-refractivity contribution < 1.29 is 27.7 Å². The second kappa shape index (κ2) is 8.11. The minimum Gasteiger partial charge on any atom is -0.423 e. The van der Waals surface area contributed by atoms with Crippen molar-refractivity contribution in [2.45, 2.75) is 24.8 Å². The maximum atomic E-state index is 12.9. The summed E-state index contributed by atoms with van der Waals surface area (Å²) in [6.07, 6.45) is -0.380. The van der Waals surface area contributed by atoms with Crippen molar-refractivity contribution in [2.24, 2.45) is 10.9 Å². The van der Waals surface area contributed by atoms with Gasteiger partial charge in [-0.25, -0.2) is 13.2 Å². The molecule has 0 saturated heterocycles. The molecule has 2 aromatic carbocycles. The maximum Gasteiger partial charge on any atom is 0.491 e. The van der Waals surface area contributed by atoms with E-state index in [1.165, 1.54) is 31.2 Å². The van der Waals surface area contributed by atoms with Gasteiger partial charge in [0.2, 0.25) is 0 Å². The van der Waals surface area contributed by atoms with Gasteiger partial charge in [-0.05, 0) is 53.8 Å². The molecule has 0 saturated carbocycles. The summed E-state index contributed by atoms with van der Waals surface area (Å²) in [5.74, 6) is -0.752. The van der Waals surface area contributed by atoms with Crippen molar-refractivity contribution in [3.8, 4) is 0 Å². The van der Waals surface area contributed by atoms with Gasteiger partial charge in [-0.1, -0.05) is 11.2 Å². The van der Waals surface area contributed by atoms with E-state index in [1.54, 1.807) is 12.1 Å². The quantitative estimate of drug-likeness (QED) is 0.124. The Bertz CT molecular complexity index is 1090. The molecule has 6 N–H and O–H groups in total. The Morgan fingerprint density at radius 2 is 2.10 bits per heavy atom. The third-order valence-electron chi connectivity index (χ3n) is 4.06. The smallest absolute Gasteiger partial charge is 0.423 e. The van der Waals surface area contributed by atoms with Crippen LogP contribution in [0.25, 0.3) is 0 Å². The predicted molar refractivity (Wildman–Crippen MR) is 108 cm³/mol. The first-order valence-corrected chi connectivity index (χ1v) is 9.97. The first-order chi connectivity index (χ1) is 13.7. The fourth-order valence-electron chi connectivity index (χ4n) is 2.80. The SMILES string of the molecule is C/C(N)=N/OC(=O)Cc1cc(N)ccc1S(=O)(=O)Nc1ccc2c(c1)B(O)OC2. The molecule has 29 heavy (non-hydrogen) atoms. The summed E-state index contributed by atoms with van der Waals surface area (Å²) in [5, 5.41) is 13.2. The highest BCUT2D eigenvalue weighted by molar-refractivity contribution is 7.92. The molecule has 0 bridgehead atoms. The lowest BCUT2D eigenvalue weighted by Gasteiger charge is -2.13. The van der Waals surface area contributed by atoms with Gasteiger partial charge in [-0.15, -0.1) is 0 Å². The van der Waals surface area contributed by atoms with E-state index in [0.29, 0.717) is 5.46 Å². The molecule has 0 fully saturated rings. The molecule has 0 unspecified atom stereocenters. The molecule has 1 aliphatic heterocycles. The highest BCUT2D eigenvalue weighted by Gasteiger charge is 2.28. The van der Waals surface area contributed by atoms with Gasteiger partial charge in [0, 0.05) is 11.4 Å². The summed E-state index contributed by atoms with van der Waals surface area (Å²) in [6.45, 7) is 1.69. The van der Waals surface area contributed by atoms with Gasteiger partial charge in [-0.3, -0.25) is 4.72 Å². The average Bonchev–Trinajstić information content (AvgIpc) is 3.00. The van der Waals surface area contributed by atoms with Crippen LogP contribution in [0.4, 0.5) is 11.4 Å². The van der Waals surface area contributed by atoms with E-state index >= 15 is 0 Å². The molecular weight excluding hydrogens is 399 g/mol. The Labute approximate surface area is 167 Å². The Morgan fingerprint density at radius 1 is 1.34 bits per heavy atom. The molecule has 152 valence electrons. The Morgan fingerprint density at radius 3 is 2.83 bits per heavy atom. The summed E-state index contributed by atoms with van der Waals surface area (Å²) in [7, 11) is -5.18. The summed E-state index contributed by atoms with van der Waals surface area (Å²) in [5.41, 5.74) is 13.0. The van der Waals surface area contributed by atoms with E-state index < -0.39 is 23.1 Å². The Balaban J connectivity index is 1.88. The number of oxime groups is 1. The van der Waals surface area contributed by atoms with Crippen LogP contribution in [-0.2, 0) is 37.3 Å². The van der Waals surface area contributed by atoms with Crippen molar-refractivity contribution in [2.75, 3.05) is 10.5 Å². The third kappa shape index (κ3) is 4.85. The number of nitrogens with one attached hydrogen (secondary N) is 1. The van der Waals surface area contributed by atoms with Gasteiger partial charge in [-0.2, -0.15) is 0 Å². The molecule has 3 rings (SSSR count). The topological polar surface area (TPSA) is 166 Å². The summed E-state index contributed by atoms with van der Waals surface area (Å²) >= 11 is 0. The first-order valence-electron chi connectivity index (χ1n) is 8.49. The number of rotatable bonds is 6. The van der Waals surface area contributed by atoms with Crippen LogP contribution in [0.2, 0.25) is 0 Å². The molecule has 12 heteroatoms. The number of sulfonamides is 1. The van der Waals surface area contributed by atoms with E-state index in [9.17, 15) is 18.2 Å². The van der Waals surface area contributed by atoms with Gasteiger partial charge >= 0.3 is 13.1 Å². The molecule has 0 aromatic heterocycles. The molecular formula is C17H19BN4O6S. The lowest BCUT2D eigenvalue weighted by molar-refractivity contribution is -0.142. The van der Waals surface area contributed by atoms with E-state index in [-0.39, 0.29) is 40.7 Å². The van der Waals surface area contributed by atoms with Crippen LogP contribution in [-0.4, -0.2) is 32.4 Å². The lowest BCUT2D eigenvalue weighted by Crippen LogP contribution is -2.28. The first kappa shape index (κ1) is 20.6. The van der Waals surface area contributed by atoms with Crippen LogP contribution in [0, 0.1) is 0 Å². The Hall–Kier alpha value is -3.09. The number of carbonyl (C=O) groups is 1. The summed E-state index contributed by atoms with van der Waals surface area (Å²) in [6, 6.07) is 8.79. The van der Waals surface area contributed by atoms with Crippen molar-refractivity contribution in [3.05, 3.63) is 47.5 Å². The highest BCUT2D eigenvalue weighted by Crippen LogP contribution is 2.23. The number of hydrogen-bond donors (Lipinski definition) is 4. The average molecular weight is 418 g/mol. The van der Waals surface area contributed by atoms with Gasteiger partial charge in [0.05, 0.1) is 17.9 Å². The molecule has 0 spiro atoms. The normalized spacial score (nSPS) is 13.9. The zero-order chi connectivity index (χ0) is 21.2. The second-order valence-electron chi connectivity index (χ2n) is 6.42. The van der Waals surface area contributed by atoms with Gasteiger partial charge in [0.15, 0.2) is 0 Å². The van der Waals surface area contributed by atoms with Gasteiger partial charge in [0.25, 0.3) is 10.0 Å². The van der Waals surface area contributed by atoms with Crippen LogP contribution in [0.5, 0.6) is 0 Å². The highest BCUT2D eigenvalue weighted by atomic mass is 32.2. The van der Waals surface area contributed by atoms with Crippen molar-refractivity contribution in [3.63, 3.8) is 0 Å². The largest absolute Gasteiger partial charge is 0.491 e. The van der Waals surface area contributed by atoms with Gasteiger partial charge < -0.3 is 26.0 Å².